The quantitative estimate of drug-likeness (QED) is 0.485. The molecule has 5 nitrogen and oxygen atoms in total. The van der Waals surface area contributed by atoms with Crippen LogP contribution in [0.5, 0.6) is 0 Å². The minimum atomic E-state index is -1.63. The first-order valence-corrected chi connectivity index (χ1v) is 10.9. The number of nitrogens with zero attached hydrogens (tertiary/aromatic N) is 2. The van der Waals surface area contributed by atoms with Crippen molar-refractivity contribution in [1.82, 2.24) is 4.90 Å². The molecule has 1 aliphatic rings. The average molecular weight is 417 g/mol. The number of nitriles is 1. The molecule has 1 fully saturated rings. The minimum Gasteiger partial charge on any atom is -0.430 e. The third-order valence-corrected chi connectivity index (χ3v) is 5.91. The van der Waals surface area contributed by atoms with E-state index in [-0.39, 0.29) is 24.2 Å². The zero-order valence-electron chi connectivity index (χ0n) is 18.2. The molecule has 5 atom stereocenters. The van der Waals surface area contributed by atoms with E-state index < -0.39 is 24.3 Å². The summed E-state index contributed by atoms with van der Waals surface area (Å²) >= 11 is 0. The molecule has 1 aromatic carbocycles. The van der Waals surface area contributed by atoms with Crippen molar-refractivity contribution < 1.29 is 18.7 Å². The molecule has 0 amide bonds. The van der Waals surface area contributed by atoms with E-state index in [1.54, 1.807) is 6.92 Å². The fourth-order valence-corrected chi connectivity index (χ4v) is 4.30. The Morgan fingerprint density at radius 1 is 1.23 bits per heavy atom. The summed E-state index contributed by atoms with van der Waals surface area (Å²) in [5.74, 6) is -1.08. The van der Waals surface area contributed by atoms with Crippen molar-refractivity contribution in [3.63, 3.8) is 0 Å². The highest BCUT2D eigenvalue weighted by Gasteiger charge is 2.46. The zero-order valence-corrected chi connectivity index (χ0v) is 18.2. The average Bonchev–Trinajstić information content (AvgIpc) is 3.05. The Hall–Kier alpha value is -2.26. The van der Waals surface area contributed by atoms with Crippen LogP contribution in [0.15, 0.2) is 30.3 Å². The summed E-state index contributed by atoms with van der Waals surface area (Å²) in [4.78, 5) is 26.9. The van der Waals surface area contributed by atoms with Gasteiger partial charge in [0.1, 0.15) is 11.8 Å². The van der Waals surface area contributed by atoms with Crippen LogP contribution < -0.4 is 0 Å². The molecule has 2 unspecified atom stereocenters. The third kappa shape index (κ3) is 6.37. The van der Waals surface area contributed by atoms with Crippen LogP contribution in [0.3, 0.4) is 0 Å². The second-order valence-corrected chi connectivity index (χ2v) is 8.18. The molecule has 0 spiro atoms. The van der Waals surface area contributed by atoms with Crippen LogP contribution in [0, 0.1) is 23.2 Å². The number of hydrogen-bond acceptors (Lipinski definition) is 5. The fourth-order valence-electron chi connectivity index (χ4n) is 4.30. The van der Waals surface area contributed by atoms with E-state index in [2.05, 4.69) is 6.07 Å². The molecule has 164 valence electrons. The SMILES string of the molecule is CCCC(F)OC(=O)[C@H]1C[C@@H](C#N)[C@@H](CC(CCC)C(C)=O)N1Cc1ccccc1. The van der Waals surface area contributed by atoms with E-state index in [1.165, 1.54) is 0 Å². The highest BCUT2D eigenvalue weighted by Crippen LogP contribution is 2.36. The van der Waals surface area contributed by atoms with Gasteiger partial charge in [-0.2, -0.15) is 5.26 Å². The van der Waals surface area contributed by atoms with Crippen LogP contribution in [0.1, 0.15) is 64.9 Å². The standard InChI is InChI=1S/C24H33FN2O3/c1-4-9-19(17(3)28)13-21-20(15-26)14-22(24(29)30-23(25)10-5-2)27(21)16-18-11-7-6-8-12-18/h6-8,11-12,19-23H,4-5,9-10,13-14,16H2,1-3H3/t19?,20-,21+,22+,23?/m0/s1. The Labute approximate surface area is 179 Å². The molecule has 6 heteroatoms. The van der Waals surface area contributed by atoms with Crippen LogP contribution in [-0.2, 0) is 20.9 Å². The summed E-state index contributed by atoms with van der Waals surface area (Å²) < 4.78 is 19.0. The molecular weight excluding hydrogens is 383 g/mol. The summed E-state index contributed by atoms with van der Waals surface area (Å²) in [7, 11) is 0. The normalized spacial score (nSPS) is 23.5. The van der Waals surface area contributed by atoms with E-state index in [0.717, 1.165) is 18.4 Å². The summed E-state index contributed by atoms with van der Waals surface area (Å²) in [5, 5.41) is 9.78. The lowest BCUT2D eigenvalue weighted by molar-refractivity contribution is -0.164. The molecule has 1 aliphatic heterocycles. The number of carbonyl (C=O) groups excluding carboxylic acids is 2. The highest BCUT2D eigenvalue weighted by atomic mass is 19.1. The number of likely N-dealkylation sites (tertiary alicyclic amines) is 1. The zero-order chi connectivity index (χ0) is 22.1. The van der Waals surface area contributed by atoms with Gasteiger partial charge < -0.3 is 4.74 Å². The number of rotatable bonds is 11. The maximum Gasteiger partial charge on any atom is 0.325 e. The maximum atomic E-state index is 14.0. The predicted octanol–water partition coefficient (Wildman–Crippen LogP) is 4.80. The largest absolute Gasteiger partial charge is 0.430 e. The summed E-state index contributed by atoms with van der Waals surface area (Å²) in [6.45, 7) is 5.89. The number of alkyl halides is 1. The molecule has 30 heavy (non-hydrogen) atoms. The van der Waals surface area contributed by atoms with Crippen LogP contribution >= 0.6 is 0 Å². The van der Waals surface area contributed by atoms with E-state index in [4.69, 9.17) is 4.74 Å². The molecule has 0 radical (unpaired) electrons. The monoisotopic (exact) mass is 416 g/mol. The Morgan fingerprint density at radius 2 is 1.90 bits per heavy atom. The van der Waals surface area contributed by atoms with Crippen molar-refractivity contribution in [2.24, 2.45) is 11.8 Å². The fraction of sp³-hybridized carbons (Fsp3) is 0.625. The number of esters is 1. The number of carbonyl (C=O) groups is 2. The summed E-state index contributed by atoms with van der Waals surface area (Å²) in [5.41, 5.74) is 0.999. The van der Waals surface area contributed by atoms with Crippen molar-refractivity contribution in [2.45, 2.75) is 84.3 Å². The van der Waals surface area contributed by atoms with Crippen molar-refractivity contribution in [3.8, 4) is 6.07 Å². The van der Waals surface area contributed by atoms with Crippen molar-refractivity contribution >= 4 is 11.8 Å². The molecule has 1 heterocycles. The molecule has 0 aromatic heterocycles. The number of Topliss-reactive ketones (excluding diaryl/α,β-unsaturated/α-hetero) is 1. The highest BCUT2D eigenvalue weighted by molar-refractivity contribution is 5.78. The van der Waals surface area contributed by atoms with Gasteiger partial charge >= 0.3 is 5.97 Å². The topological polar surface area (TPSA) is 70.4 Å². The van der Waals surface area contributed by atoms with Gasteiger partial charge in [0.2, 0.25) is 6.36 Å². The van der Waals surface area contributed by atoms with Crippen LogP contribution in [0.2, 0.25) is 0 Å². The summed E-state index contributed by atoms with van der Waals surface area (Å²) in [6, 6.07) is 11.1. The van der Waals surface area contributed by atoms with Crippen molar-refractivity contribution in [2.75, 3.05) is 0 Å². The van der Waals surface area contributed by atoms with E-state index in [1.807, 2.05) is 49.1 Å². The Kier molecular flexibility index (Phi) is 9.45. The van der Waals surface area contributed by atoms with Crippen molar-refractivity contribution in [1.29, 1.82) is 5.26 Å². The lowest BCUT2D eigenvalue weighted by atomic mass is 9.87. The maximum absolute atomic E-state index is 14.0. The lowest BCUT2D eigenvalue weighted by Crippen LogP contribution is -2.43. The number of ether oxygens (including phenoxy) is 1. The van der Waals surface area contributed by atoms with Gasteiger partial charge in [0, 0.05) is 24.9 Å². The van der Waals surface area contributed by atoms with Gasteiger partial charge in [-0.15, -0.1) is 0 Å². The van der Waals surface area contributed by atoms with Gasteiger partial charge in [-0.25, -0.2) is 4.39 Å². The van der Waals surface area contributed by atoms with E-state index >= 15 is 0 Å². The number of halogens is 1. The predicted molar refractivity (Wildman–Crippen MR) is 113 cm³/mol. The molecule has 1 saturated heterocycles. The van der Waals surface area contributed by atoms with Gasteiger partial charge in [-0.05, 0) is 38.2 Å². The van der Waals surface area contributed by atoms with E-state index in [9.17, 15) is 19.2 Å². The third-order valence-electron chi connectivity index (χ3n) is 5.91. The molecular formula is C24H33FN2O3. The Balaban J connectivity index is 2.30. The summed E-state index contributed by atoms with van der Waals surface area (Å²) in [6.07, 6.45) is 1.54. The van der Waals surface area contributed by atoms with Crippen LogP contribution in [0.4, 0.5) is 4.39 Å². The molecule has 0 bridgehead atoms. The molecule has 0 N–H and O–H groups in total. The first-order valence-electron chi connectivity index (χ1n) is 10.9. The first-order chi connectivity index (χ1) is 14.4. The Bertz CT molecular complexity index is 734. The van der Waals surface area contributed by atoms with Crippen molar-refractivity contribution in [3.05, 3.63) is 35.9 Å². The first kappa shape index (κ1) is 24.0. The number of benzene rings is 1. The molecule has 0 saturated carbocycles. The lowest BCUT2D eigenvalue weighted by Gasteiger charge is -2.32. The molecule has 2 rings (SSSR count). The minimum absolute atomic E-state index is 0.103. The van der Waals surface area contributed by atoms with Gasteiger partial charge in [0.25, 0.3) is 0 Å². The van der Waals surface area contributed by atoms with Crippen LogP contribution in [-0.4, -0.2) is 35.1 Å². The van der Waals surface area contributed by atoms with Gasteiger partial charge in [0.15, 0.2) is 0 Å². The van der Waals surface area contributed by atoms with Crippen LogP contribution in [0.25, 0.3) is 0 Å². The Morgan fingerprint density at radius 3 is 2.47 bits per heavy atom. The number of ketones is 1. The van der Waals surface area contributed by atoms with Gasteiger partial charge in [-0.3, -0.25) is 14.5 Å². The smallest absolute Gasteiger partial charge is 0.325 e. The second kappa shape index (κ2) is 11.8. The van der Waals surface area contributed by atoms with Gasteiger partial charge in [0.05, 0.1) is 12.0 Å². The molecule has 0 aliphatic carbocycles. The number of hydrogen-bond donors (Lipinski definition) is 0. The second-order valence-electron chi connectivity index (χ2n) is 8.18. The molecule has 1 aromatic rings. The van der Waals surface area contributed by atoms with Gasteiger partial charge in [-0.1, -0.05) is 50.6 Å². The van der Waals surface area contributed by atoms with E-state index in [0.29, 0.717) is 25.8 Å².